The van der Waals surface area contributed by atoms with E-state index >= 15 is 0 Å². The molecule has 0 nitrogen and oxygen atoms in total. The maximum Gasteiger partial charge on any atom is 0.121 e. The second kappa shape index (κ2) is 9.89. The van der Waals surface area contributed by atoms with Gasteiger partial charge in [-0.2, -0.15) is 0 Å². The van der Waals surface area contributed by atoms with Gasteiger partial charge < -0.3 is 0 Å². The molecule has 0 aromatic heterocycles. The molecule has 0 fully saturated rings. The molecule has 0 heterocycles. The predicted molar refractivity (Wildman–Crippen MR) is 179 cm³/mol. The maximum atomic E-state index is 2.46. The van der Waals surface area contributed by atoms with E-state index in [2.05, 4.69) is 158 Å². The highest BCUT2D eigenvalue weighted by Crippen LogP contribution is 2.46. The van der Waals surface area contributed by atoms with E-state index in [0.29, 0.717) is 9.52 Å². The lowest BCUT2D eigenvalue weighted by atomic mass is 9.84. The molecule has 0 saturated carbocycles. The lowest BCUT2D eigenvalue weighted by molar-refractivity contribution is 1.67. The fraction of sp³-hybridized carbons (Fsp3) is 0. The van der Waals surface area contributed by atoms with E-state index in [9.17, 15) is 0 Å². The van der Waals surface area contributed by atoms with Crippen LogP contribution in [-0.2, 0) is 0 Å². The van der Waals surface area contributed by atoms with E-state index in [4.69, 9.17) is 0 Å². The Morgan fingerprint density at radius 3 is 1.63 bits per heavy atom. The normalized spacial score (nSPS) is 11.5. The van der Waals surface area contributed by atoms with Gasteiger partial charge in [-0.1, -0.05) is 162 Å². The third kappa shape index (κ3) is 4.06. The third-order valence-corrected chi connectivity index (χ3v) is 9.41. The smallest absolute Gasteiger partial charge is 0.0631 e. The number of fused-ring (bicyclic) bond motifs is 5. The molecule has 0 atom stereocenters. The minimum absolute atomic E-state index is 0.600. The summed E-state index contributed by atoms with van der Waals surface area (Å²) in [4.78, 5) is 0. The molecule has 8 aromatic carbocycles. The van der Waals surface area contributed by atoms with Crippen LogP contribution in [0.3, 0.4) is 0 Å². The summed E-state index contributed by atoms with van der Waals surface area (Å²) in [5, 5.41) is 13.1. The number of hydrogen-bond donors (Lipinski definition) is 0. The maximum absolute atomic E-state index is 2.46. The van der Waals surface area contributed by atoms with E-state index < -0.39 is 0 Å². The van der Waals surface area contributed by atoms with Crippen molar-refractivity contribution in [1.29, 1.82) is 0 Å². The van der Waals surface area contributed by atoms with Crippen molar-refractivity contribution in [2.45, 2.75) is 0 Å². The average Bonchev–Trinajstić information content (AvgIpc) is 3.04. The molecule has 2 radical (unpaired) electrons. The molecule has 0 bridgehead atoms. The molecule has 41 heavy (non-hydrogen) atoms. The van der Waals surface area contributed by atoms with Crippen molar-refractivity contribution in [3.8, 4) is 22.3 Å². The van der Waals surface area contributed by atoms with Crippen LogP contribution in [0.1, 0.15) is 0 Å². The van der Waals surface area contributed by atoms with E-state index in [1.165, 1.54) is 75.7 Å². The van der Waals surface area contributed by atoms with Crippen molar-refractivity contribution in [2.75, 3.05) is 0 Å². The minimum atomic E-state index is 0.600. The Kier molecular flexibility index (Phi) is 5.76. The van der Waals surface area contributed by atoms with Crippen LogP contribution in [0.2, 0.25) is 0 Å². The predicted octanol–water partition coefficient (Wildman–Crippen LogP) is 9.29. The molecular weight excluding hydrogens is 509 g/mol. The molecule has 0 aliphatic rings. The summed E-state index contributed by atoms with van der Waals surface area (Å²) in [6.45, 7) is 0. The van der Waals surface area contributed by atoms with E-state index in [-0.39, 0.29) is 0 Å². The molecule has 0 unspecified atom stereocenters. The summed E-state index contributed by atoms with van der Waals surface area (Å²) < 4.78 is 0. The standard InChI is InChI=1S/C40H26Si/c1-3-13-27(14-4-1)39-34-21-11-12-22-35(34)40(38-26-30(23-24-36(38)39)41-29-16-5-2-6-17-29)37-25-28-15-7-8-18-31(28)32-19-9-10-20-33(32)37/h1-26H. The van der Waals surface area contributed by atoms with Crippen LogP contribution in [-0.4, -0.2) is 9.52 Å². The summed E-state index contributed by atoms with van der Waals surface area (Å²) in [5.74, 6) is 0. The van der Waals surface area contributed by atoms with Crippen molar-refractivity contribution in [2.24, 2.45) is 0 Å². The summed E-state index contributed by atoms with van der Waals surface area (Å²) in [7, 11) is 0.600. The first-order valence-corrected chi connectivity index (χ1v) is 15.1. The first-order valence-electron chi connectivity index (χ1n) is 14.1. The molecule has 0 spiro atoms. The molecule has 0 N–H and O–H groups in total. The zero-order valence-electron chi connectivity index (χ0n) is 22.5. The van der Waals surface area contributed by atoms with Gasteiger partial charge in [0.2, 0.25) is 0 Å². The second-order valence-electron chi connectivity index (χ2n) is 10.6. The molecule has 190 valence electrons. The highest BCUT2D eigenvalue weighted by molar-refractivity contribution is 6.67. The van der Waals surface area contributed by atoms with Crippen molar-refractivity contribution >= 4 is 63.0 Å². The van der Waals surface area contributed by atoms with Crippen molar-refractivity contribution in [3.63, 3.8) is 0 Å². The minimum Gasteiger partial charge on any atom is -0.0631 e. The highest BCUT2D eigenvalue weighted by Gasteiger charge is 2.19. The van der Waals surface area contributed by atoms with Crippen LogP contribution in [0.15, 0.2) is 158 Å². The monoisotopic (exact) mass is 534 g/mol. The van der Waals surface area contributed by atoms with Crippen molar-refractivity contribution in [1.82, 2.24) is 0 Å². The molecule has 8 aromatic rings. The molecule has 1 heteroatoms. The second-order valence-corrected chi connectivity index (χ2v) is 12.0. The van der Waals surface area contributed by atoms with Gasteiger partial charge in [-0.15, -0.1) is 0 Å². The van der Waals surface area contributed by atoms with Gasteiger partial charge in [0.1, 0.15) is 9.52 Å². The number of rotatable bonds is 4. The summed E-state index contributed by atoms with van der Waals surface area (Å²) in [5.41, 5.74) is 5.17. The zero-order chi connectivity index (χ0) is 27.2. The van der Waals surface area contributed by atoms with Gasteiger partial charge in [0.25, 0.3) is 0 Å². The fourth-order valence-corrected chi connectivity index (χ4v) is 7.49. The third-order valence-electron chi connectivity index (χ3n) is 8.19. The van der Waals surface area contributed by atoms with Crippen LogP contribution >= 0.6 is 0 Å². The first-order chi connectivity index (χ1) is 20.3. The van der Waals surface area contributed by atoms with Crippen LogP contribution in [0.25, 0.3) is 65.3 Å². The summed E-state index contributed by atoms with van der Waals surface area (Å²) in [6, 6.07) is 57.9. The fourth-order valence-electron chi connectivity index (χ4n) is 6.41. The largest absolute Gasteiger partial charge is 0.121 e. The lowest BCUT2D eigenvalue weighted by Gasteiger charge is -2.20. The Morgan fingerprint density at radius 1 is 0.317 bits per heavy atom. The van der Waals surface area contributed by atoms with Crippen LogP contribution < -0.4 is 10.4 Å². The molecule has 8 rings (SSSR count). The quantitative estimate of drug-likeness (QED) is 0.120. The van der Waals surface area contributed by atoms with Gasteiger partial charge in [-0.05, 0) is 71.4 Å². The Bertz CT molecular complexity index is 2210. The highest BCUT2D eigenvalue weighted by atomic mass is 28.2. The summed E-state index contributed by atoms with van der Waals surface area (Å²) >= 11 is 0. The van der Waals surface area contributed by atoms with Crippen molar-refractivity contribution < 1.29 is 0 Å². The summed E-state index contributed by atoms with van der Waals surface area (Å²) in [6.07, 6.45) is 0. The topological polar surface area (TPSA) is 0 Å². The Balaban J connectivity index is 1.54. The van der Waals surface area contributed by atoms with Crippen LogP contribution in [0.4, 0.5) is 0 Å². The van der Waals surface area contributed by atoms with E-state index in [1.807, 2.05) is 0 Å². The van der Waals surface area contributed by atoms with Crippen LogP contribution in [0.5, 0.6) is 0 Å². The Labute approximate surface area is 242 Å². The Hall–Kier alpha value is -4.98. The molecular formula is C40H26Si. The number of hydrogen-bond acceptors (Lipinski definition) is 0. The molecule has 0 amide bonds. The van der Waals surface area contributed by atoms with Gasteiger partial charge >= 0.3 is 0 Å². The molecule has 0 aliphatic carbocycles. The zero-order valence-corrected chi connectivity index (χ0v) is 23.5. The lowest BCUT2D eigenvalue weighted by Crippen LogP contribution is -2.26. The van der Waals surface area contributed by atoms with E-state index in [0.717, 1.165) is 0 Å². The van der Waals surface area contributed by atoms with Gasteiger partial charge in [0.15, 0.2) is 0 Å². The SMILES string of the molecule is c1ccc([Si]c2ccc3c(-c4ccccc4)c4ccccc4c(-c4cc5ccccc5c5ccccc45)c3c2)cc1. The molecule has 0 saturated heterocycles. The first kappa shape index (κ1) is 23.9. The Morgan fingerprint density at radius 2 is 0.878 bits per heavy atom. The van der Waals surface area contributed by atoms with E-state index in [1.54, 1.807) is 0 Å². The van der Waals surface area contributed by atoms with Gasteiger partial charge in [0, 0.05) is 0 Å². The van der Waals surface area contributed by atoms with Gasteiger partial charge in [-0.25, -0.2) is 0 Å². The van der Waals surface area contributed by atoms with Gasteiger partial charge in [0.05, 0.1) is 0 Å². The number of benzene rings is 8. The van der Waals surface area contributed by atoms with Crippen molar-refractivity contribution in [3.05, 3.63) is 158 Å². The average molecular weight is 535 g/mol. The van der Waals surface area contributed by atoms with Crippen LogP contribution in [0, 0.1) is 0 Å². The molecule has 0 aliphatic heterocycles. The van der Waals surface area contributed by atoms with Gasteiger partial charge in [-0.3, -0.25) is 0 Å².